The third-order valence-electron chi connectivity index (χ3n) is 1.77. The molecule has 0 fully saturated rings. The molecule has 0 radical (unpaired) electrons. The van der Waals surface area contributed by atoms with Crippen molar-refractivity contribution in [2.45, 2.75) is 6.54 Å². The monoisotopic (exact) mass is 166 g/mol. The van der Waals surface area contributed by atoms with E-state index in [0.29, 0.717) is 6.54 Å². The van der Waals surface area contributed by atoms with Crippen molar-refractivity contribution in [2.75, 3.05) is 19.0 Å². The van der Waals surface area contributed by atoms with Gasteiger partial charge in [-0.15, -0.1) is 0 Å². The molecule has 0 amide bonds. The third kappa shape index (κ3) is 1.51. The SMILES string of the molecule is CN(C)c1c(O)cccc1CN. The van der Waals surface area contributed by atoms with E-state index < -0.39 is 0 Å². The summed E-state index contributed by atoms with van der Waals surface area (Å²) in [6.45, 7) is 0.446. The fourth-order valence-corrected chi connectivity index (χ4v) is 1.26. The van der Waals surface area contributed by atoms with E-state index in [1.165, 1.54) is 0 Å². The van der Waals surface area contributed by atoms with Crippen LogP contribution in [0, 0.1) is 0 Å². The first-order valence-electron chi connectivity index (χ1n) is 3.85. The van der Waals surface area contributed by atoms with E-state index in [0.717, 1.165) is 11.3 Å². The first-order chi connectivity index (χ1) is 5.66. The number of benzene rings is 1. The van der Waals surface area contributed by atoms with Gasteiger partial charge in [-0.05, 0) is 11.6 Å². The molecule has 0 unspecified atom stereocenters. The summed E-state index contributed by atoms with van der Waals surface area (Å²) in [4.78, 5) is 1.86. The lowest BCUT2D eigenvalue weighted by atomic mass is 10.1. The minimum absolute atomic E-state index is 0.281. The lowest BCUT2D eigenvalue weighted by molar-refractivity contribution is 0.475. The van der Waals surface area contributed by atoms with E-state index in [9.17, 15) is 5.11 Å². The number of para-hydroxylation sites is 1. The van der Waals surface area contributed by atoms with Crippen LogP contribution in [0.2, 0.25) is 0 Å². The second-order valence-electron chi connectivity index (χ2n) is 2.88. The van der Waals surface area contributed by atoms with Crippen molar-refractivity contribution in [1.29, 1.82) is 0 Å². The number of hydrogen-bond acceptors (Lipinski definition) is 3. The predicted octanol–water partition coefficient (Wildman–Crippen LogP) is 0.917. The van der Waals surface area contributed by atoms with Crippen molar-refractivity contribution in [1.82, 2.24) is 0 Å². The Morgan fingerprint density at radius 1 is 1.42 bits per heavy atom. The topological polar surface area (TPSA) is 49.5 Å². The molecule has 1 aromatic rings. The molecule has 0 saturated carbocycles. The molecule has 0 aliphatic rings. The Bertz CT molecular complexity index is 271. The molecular weight excluding hydrogens is 152 g/mol. The highest BCUT2D eigenvalue weighted by molar-refractivity contribution is 5.62. The molecule has 0 saturated heterocycles. The Balaban J connectivity index is 3.20. The van der Waals surface area contributed by atoms with Crippen LogP contribution in [-0.2, 0) is 6.54 Å². The average Bonchev–Trinajstić information content (AvgIpc) is 2.03. The van der Waals surface area contributed by atoms with Crippen LogP contribution in [-0.4, -0.2) is 19.2 Å². The first-order valence-corrected chi connectivity index (χ1v) is 3.85. The second kappa shape index (κ2) is 3.45. The maximum atomic E-state index is 9.50. The maximum Gasteiger partial charge on any atom is 0.139 e. The van der Waals surface area contributed by atoms with Crippen LogP contribution in [0.1, 0.15) is 5.56 Å². The zero-order valence-corrected chi connectivity index (χ0v) is 7.41. The highest BCUT2D eigenvalue weighted by Gasteiger charge is 2.07. The summed E-state index contributed by atoms with van der Waals surface area (Å²) in [6, 6.07) is 5.37. The van der Waals surface area contributed by atoms with Crippen molar-refractivity contribution >= 4 is 5.69 Å². The Labute approximate surface area is 72.4 Å². The highest BCUT2D eigenvalue weighted by atomic mass is 16.3. The summed E-state index contributed by atoms with van der Waals surface area (Å²) in [5.41, 5.74) is 7.28. The molecule has 0 bridgehead atoms. The molecule has 0 heterocycles. The van der Waals surface area contributed by atoms with Crippen molar-refractivity contribution in [3.63, 3.8) is 0 Å². The summed E-state index contributed by atoms with van der Waals surface area (Å²) in [5, 5.41) is 9.50. The summed E-state index contributed by atoms with van der Waals surface area (Å²) >= 11 is 0. The molecular formula is C9H14N2O. The minimum atomic E-state index is 0.281. The fourth-order valence-electron chi connectivity index (χ4n) is 1.26. The van der Waals surface area contributed by atoms with Crippen LogP contribution in [0.15, 0.2) is 18.2 Å². The van der Waals surface area contributed by atoms with E-state index in [-0.39, 0.29) is 5.75 Å². The van der Waals surface area contributed by atoms with E-state index in [1.54, 1.807) is 12.1 Å². The van der Waals surface area contributed by atoms with E-state index in [1.807, 2.05) is 25.1 Å². The van der Waals surface area contributed by atoms with Gasteiger partial charge in [-0.3, -0.25) is 0 Å². The molecule has 0 aliphatic carbocycles. The predicted molar refractivity (Wildman–Crippen MR) is 50.3 cm³/mol. The molecule has 3 nitrogen and oxygen atoms in total. The lowest BCUT2D eigenvalue weighted by Gasteiger charge is -2.17. The van der Waals surface area contributed by atoms with Crippen molar-refractivity contribution in [2.24, 2.45) is 5.73 Å². The van der Waals surface area contributed by atoms with Gasteiger partial charge >= 0.3 is 0 Å². The van der Waals surface area contributed by atoms with Gasteiger partial charge < -0.3 is 15.7 Å². The number of rotatable bonds is 2. The normalized spacial score (nSPS) is 9.92. The Morgan fingerprint density at radius 2 is 2.08 bits per heavy atom. The molecule has 3 heteroatoms. The maximum absolute atomic E-state index is 9.50. The zero-order chi connectivity index (χ0) is 9.14. The fraction of sp³-hybridized carbons (Fsp3) is 0.333. The molecule has 0 aromatic heterocycles. The summed E-state index contributed by atoms with van der Waals surface area (Å²) in [7, 11) is 3.77. The third-order valence-corrected chi connectivity index (χ3v) is 1.77. The smallest absolute Gasteiger partial charge is 0.139 e. The van der Waals surface area contributed by atoms with Gasteiger partial charge in [-0.1, -0.05) is 12.1 Å². The van der Waals surface area contributed by atoms with Crippen LogP contribution < -0.4 is 10.6 Å². The first kappa shape index (κ1) is 8.87. The van der Waals surface area contributed by atoms with Gasteiger partial charge in [0.2, 0.25) is 0 Å². The van der Waals surface area contributed by atoms with E-state index in [4.69, 9.17) is 5.73 Å². The Hall–Kier alpha value is -1.22. The molecule has 0 aliphatic heterocycles. The number of aromatic hydroxyl groups is 1. The standard InChI is InChI=1S/C9H14N2O/c1-11(2)9-7(6-10)4-3-5-8(9)12/h3-5,12H,6,10H2,1-2H3. The van der Waals surface area contributed by atoms with E-state index in [2.05, 4.69) is 0 Å². The Kier molecular flexibility index (Phi) is 2.55. The number of phenols is 1. The van der Waals surface area contributed by atoms with Gasteiger partial charge in [-0.2, -0.15) is 0 Å². The van der Waals surface area contributed by atoms with Crippen LogP contribution in [0.5, 0.6) is 5.75 Å². The van der Waals surface area contributed by atoms with Gasteiger partial charge in [0.25, 0.3) is 0 Å². The average molecular weight is 166 g/mol. The van der Waals surface area contributed by atoms with Crippen LogP contribution >= 0.6 is 0 Å². The molecule has 3 N–H and O–H groups in total. The van der Waals surface area contributed by atoms with Crippen LogP contribution in [0.25, 0.3) is 0 Å². The molecule has 1 aromatic carbocycles. The zero-order valence-electron chi connectivity index (χ0n) is 7.41. The molecule has 66 valence electrons. The molecule has 1 rings (SSSR count). The van der Waals surface area contributed by atoms with Crippen LogP contribution in [0.4, 0.5) is 5.69 Å². The number of nitrogens with zero attached hydrogens (tertiary/aromatic N) is 1. The lowest BCUT2D eigenvalue weighted by Crippen LogP contribution is -2.13. The highest BCUT2D eigenvalue weighted by Crippen LogP contribution is 2.28. The second-order valence-corrected chi connectivity index (χ2v) is 2.88. The molecule has 0 spiro atoms. The number of nitrogens with two attached hydrogens (primary N) is 1. The van der Waals surface area contributed by atoms with E-state index >= 15 is 0 Å². The molecule has 0 atom stereocenters. The van der Waals surface area contributed by atoms with Gasteiger partial charge in [0.15, 0.2) is 0 Å². The van der Waals surface area contributed by atoms with Crippen molar-refractivity contribution in [3.05, 3.63) is 23.8 Å². The number of anilines is 1. The van der Waals surface area contributed by atoms with Gasteiger partial charge in [0.1, 0.15) is 5.75 Å². The van der Waals surface area contributed by atoms with Gasteiger partial charge in [0.05, 0.1) is 5.69 Å². The van der Waals surface area contributed by atoms with Gasteiger partial charge in [0, 0.05) is 20.6 Å². The number of hydrogen-bond donors (Lipinski definition) is 2. The summed E-state index contributed by atoms with van der Waals surface area (Å²) in [6.07, 6.45) is 0. The largest absolute Gasteiger partial charge is 0.506 e. The summed E-state index contributed by atoms with van der Waals surface area (Å²) < 4.78 is 0. The van der Waals surface area contributed by atoms with Crippen LogP contribution in [0.3, 0.4) is 0 Å². The van der Waals surface area contributed by atoms with Crippen molar-refractivity contribution in [3.8, 4) is 5.75 Å². The minimum Gasteiger partial charge on any atom is -0.506 e. The Morgan fingerprint density at radius 3 is 2.50 bits per heavy atom. The van der Waals surface area contributed by atoms with Gasteiger partial charge in [-0.25, -0.2) is 0 Å². The quantitative estimate of drug-likeness (QED) is 0.686. The van der Waals surface area contributed by atoms with Crippen molar-refractivity contribution < 1.29 is 5.11 Å². The number of phenolic OH excluding ortho intramolecular Hbond substituents is 1. The summed E-state index contributed by atoms with van der Waals surface area (Å²) in [5.74, 6) is 0.281. The molecule has 12 heavy (non-hydrogen) atoms.